The maximum Gasteiger partial charge on any atom is 0.320 e. The van der Waals surface area contributed by atoms with Crippen molar-refractivity contribution >= 4 is 23.5 Å². The highest BCUT2D eigenvalue weighted by Crippen LogP contribution is 2.16. The first-order chi connectivity index (χ1) is 9.45. The summed E-state index contributed by atoms with van der Waals surface area (Å²) in [5.74, 6) is -0.962. The summed E-state index contributed by atoms with van der Waals surface area (Å²) in [4.78, 5) is 24.7. The Bertz CT molecular complexity index is 521. The molecule has 0 bridgehead atoms. The summed E-state index contributed by atoms with van der Waals surface area (Å²) >= 11 is 5.87. The van der Waals surface area contributed by atoms with Crippen LogP contribution in [0.5, 0.6) is 0 Å². The van der Waals surface area contributed by atoms with Crippen molar-refractivity contribution in [3.63, 3.8) is 0 Å². The molecule has 20 heavy (non-hydrogen) atoms. The van der Waals surface area contributed by atoms with Gasteiger partial charge in [0.25, 0.3) is 0 Å². The van der Waals surface area contributed by atoms with Gasteiger partial charge in [-0.2, -0.15) is 0 Å². The second kappa shape index (κ2) is 6.24. The summed E-state index contributed by atoms with van der Waals surface area (Å²) in [6, 6.07) is 6.51. The monoisotopic (exact) mass is 296 g/mol. The van der Waals surface area contributed by atoms with Crippen LogP contribution in [0.25, 0.3) is 0 Å². The first kappa shape index (κ1) is 14.8. The van der Waals surface area contributed by atoms with Crippen LogP contribution in [0.15, 0.2) is 24.3 Å². The zero-order valence-electron chi connectivity index (χ0n) is 11.2. The number of carboxylic acids is 1. The van der Waals surface area contributed by atoms with Crippen molar-refractivity contribution in [2.75, 3.05) is 13.6 Å². The standard InChI is InChI=1S/C14H17ClN2O3/c1-17-8-11(7-12(17)14(19)20)16-13(18)6-9-3-2-4-10(15)5-9/h2-5,11-12H,6-8H2,1H3,(H,16,18)(H,19,20)/t11-,12-/m0/s1. The largest absolute Gasteiger partial charge is 0.480 e. The fraction of sp³-hybridized carbons (Fsp3) is 0.429. The van der Waals surface area contributed by atoms with Crippen LogP contribution in [-0.4, -0.2) is 47.6 Å². The van der Waals surface area contributed by atoms with Crippen molar-refractivity contribution in [1.82, 2.24) is 10.2 Å². The summed E-state index contributed by atoms with van der Waals surface area (Å²) in [6.45, 7) is 0.554. The summed E-state index contributed by atoms with van der Waals surface area (Å²) in [7, 11) is 1.75. The molecule has 2 rings (SSSR count). The fourth-order valence-electron chi connectivity index (χ4n) is 2.50. The average Bonchev–Trinajstić information content (AvgIpc) is 2.70. The van der Waals surface area contributed by atoms with Gasteiger partial charge in [-0.1, -0.05) is 23.7 Å². The maximum absolute atomic E-state index is 11.9. The van der Waals surface area contributed by atoms with Gasteiger partial charge in [-0.3, -0.25) is 14.5 Å². The molecule has 1 aromatic carbocycles. The van der Waals surface area contributed by atoms with Gasteiger partial charge in [-0.05, 0) is 31.2 Å². The molecule has 1 aliphatic rings. The van der Waals surface area contributed by atoms with Gasteiger partial charge < -0.3 is 10.4 Å². The number of hydrogen-bond acceptors (Lipinski definition) is 3. The number of rotatable bonds is 4. The molecule has 1 amide bonds. The first-order valence-corrected chi connectivity index (χ1v) is 6.80. The lowest BCUT2D eigenvalue weighted by molar-refractivity contribution is -0.141. The average molecular weight is 297 g/mol. The van der Waals surface area contributed by atoms with E-state index in [0.29, 0.717) is 18.0 Å². The molecule has 1 aromatic rings. The predicted molar refractivity (Wildman–Crippen MR) is 75.8 cm³/mol. The molecule has 1 aliphatic heterocycles. The van der Waals surface area contributed by atoms with Crippen LogP contribution < -0.4 is 5.32 Å². The Hall–Kier alpha value is -1.59. The van der Waals surface area contributed by atoms with Crippen molar-refractivity contribution in [3.05, 3.63) is 34.9 Å². The number of carbonyl (C=O) groups excluding carboxylic acids is 1. The molecule has 0 saturated carbocycles. The van der Waals surface area contributed by atoms with E-state index in [0.717, 1.165) is 5.56 Å². The van der Waals surface area contributed by atoms with Crippen LogP contribution in [0.4, 0.5) is 0 Å². The van der Waals surface area contributed by atoms with Gasteiger partial charge in [0.1, 0.15) is 6.04 Å². The van der Waals surface area contributed by atoms with E-state index < -0.39 is 12.0 Å². The number of nitrogens with zero attached hydrogens (tertiary/aromatic N) is 1. The minimum absolute atomic E-state index is 0.114. The Morgan fingerprint density at radius 1 is 1.50 bits per heavy atom. The lowest BCUT2D eigenvalue weighted by Crippen LogP contribution is -2.37. The summed E-state index contributed by atoms with van der Waals surface area (Å²) in [5, 5.41) is 12.5. The number of carbonyl (C=O) groups is 2. The number of carboxylic acid groups (broad SMARTS) is 1. The smallest absolute Gasteiger partial charge is 0.320 e. The molecule has 0 unspecified atom stereocenters. The maximum atomic E-state index is 11.9. The molecule has 108 valence electrons. The lowest BCUT2D eigenvalue weighted by Gasteiger charge is -2.13. The molecule has 0 aromatic heterocycles. The van der Waals surface area contributed by atoms with E-state index in [-0.39, 0.29) is 18.4 Å². The number of amides is 1. The van der Waals surface area contributed by atoms with Crippen molar-refractivity contribution in [3.8, 4) is 0 Å². The third-order valence-electron chi connectivity index (χ3n) is 3.45. The SMILES string of the molecule is CN1C[C@@H](NC(=O)Cc2cccc(Cl)c2)C[C@H]1C(=O)O. The Balaban J connectivity index is 1.88. The normalized spacial score (nSPS) is 22.7. The Morgan fingerprint density at radius 2 is 2.25 bits per heavy atom. The highest BCUT2D eigenvalue weighted by Gasteiger charge is 2.34. The minimum Gasteiger partial charge on any atom is -0.480 e. The van der Waals surface area contributed by atoms with Crippen molar-refractivity contribution in [1.29, 1.82) is 0 Å². The molecule has 0 aliphatic carbocycles. The van der Waals surface area contributed by atoms with Crippen molar-refractivity contribution in [2.24, 2.45) is 0 Å². The molecule has 2 N–H and O–H groups in total. The highest BCUT2D eigenvalue weighted by atomic mass is 35.5. The molecule has 1 heterocycles. The third kappa shape index (κ3) is 3.71. The number of hydrogen-bond donors (Lipinski definition) is 2. The van der Waals surface area contributed by atoms with Gasteiger partial charge in [0, 0.05) is 17.6 Å². The fourth-order valence-corrected chi connectivity index (χ4v) is 2.72. The molecule has 0 spiro atoms. The number of aliphatic carboxylic acids is 1. The van der Waals surface area contributed by atoms with Gasteiger partial charge in [-0.15, -0.1) is 0 Å². The van der Waals surface area contributed by atoms with Crippen LogP contribution in [0.1, 0.15) is 12.0 Å². The minimum atomic E-state index is -0.848. The summed E-state index contributed by atoms with van der Waals surface area (Å²) in [5.41, 5.74) is 0.844. The number of halogens is 1. The van der Waals surface area contributed by atoms with E-state index in [4.69, 9.17) is 16.7 Å². The van der Waals surface area contributed by atoms with Crippen LogP contribution >= 0.6 is 11.6 Å². The second-order valence-corrected chi connectivity index (χ2v) is 5.54. The van der Waals surface area contributed by atoms with Gasteiger partial charge >= 0.3 is 5.97 Å². The molecule has 1 saturated heterocycles. The van der Waals surface area contributed by atoms with E-state index in [9.17, 15) is 9.59 Å². The highest BCUT2D eigenvalue weighted by molar-refractivity contribution is 6.30. The number of likely N-dealkylation sites (N-methyl/N-ethyl adjacent to an activating group) is 1. The van der Waals surface area contributed by atoms with Gasteiger partial charge in [-0.25, -0.2) is 0 Å². The third-order valence-corrected chi connectivity index (χ3v) is 3.69. The second-order valence-electron chi connectivity index (χ2n) is 5.10. The van der Waals surface area contributed by atoms with Crippen LogP contribution in [0, 0.1) is 0 Å². The molecule has 6 heteroatoms. The van der Waals surface area contributed by atoms with E-state index in [1.54, 1.807) is 30.1 Å². The molecule has 2 atom stereocenters. The molecule has 0 radical (unpaired) electrons. The number of nitrogens with one attached hydrogen (secondary N) is 1. The van der Waals surface area contributed by atoms with Crippen LogP contribution in [-0.2, 0) is 16.0 Å². The number of likely N-dealkylation sites (tertiary alicyclic amines) is 1. The summed E-state index contributed by atoms with van der Waals surface area (Å²) < 4.78 is 0. The van der Waals surface area contributed by atoms with Gasteiger partial charge in [0.2, 0.25) is 5.91 Å². The van der Waals surface area contributed by atoms with Crippen molar-refractivity contribution < 1.29 is 14.7 Å². The quantitative estimate of drug-likeness (QED) is 0.875. The molecule has 1 fully saturated rings. The van der Waals surface area contributed by atoms with E-state index in [2.05, 4.69) is 5.32 Å². The van der Waals surface area contributed by atoms with Gasteiger partial charge in [0.15, 0.2) is 0 Å². The van der Waals surface area contributed by atoms with Crippen LogP contribution in [0.3, 0.4) is 0 Å². The van der Waals surface area contributed by atoms with Crippen molar-refractivity contribution in [2.45, 2.75) is 24.9 Å². The number of benzene rings is 1. The zero-order chi connectivity index (χ0) is 14.7. The van der Waals surface area contributed by atoms with E-state index in [1.807, 2.05) is 6.07 Å². The van der Waals surface area contributed by atoms with E-state index >= 15 is 0 Å². The zero-order valence-corrected chi connectivity index (χ0v) is 11.9. The Labute approximate surface area is 122 Å². The van der Waals surface area contributed by atoms with Crippen LogP contribution in [0.2, 0.25) is 5.02 Å². The van der Waals surface area contributed by atoms with E-state index in [1.165, 1.54) is 0 Å². The molecular formula is C14H17ClN2O3. The Morgan fingerprint density at radius 3 is 2.85 bits per heavy atom. The summed E-state index contributed by atoms with van der Waals surface area (Å²) in [6.07, 6.45) is 0.686. The molecule has 5 nitrogen and oxygen atoms in total. The van der Waals surface area contributed by atoms with Gasteiger partial charge in [0.05, 0.1) is 6.42 Å². The lowest BCUT2D eigenvalue weighted by atomic mass is 10.1. The topological polar surface area (TPSA) is 69.6 Å². The predicted octanol–water partition coefficient (Wildman–Crippen LogP) is 1.16. The first-order valence-electron chi connectivity index (χ1n) is 6.42. The molecular weight excluding hydrogens is 280 g/mol. The Kier molecular flexibility index (Phi) is 4.62.